The first kappa shape index (κ1) is 73.5. The predicted octanol–water partition coefficient (Wildman–Crippen LogP) is 11.8. The van der Waals surface area contributed by atoms with Gasteiger partial charge in [0.2, 0.25) is 11.8 Å². The third kappa shape index (κ3) is 16.2. The van der Waals surface area contributed by atoms with Crippen LogP contribution in [0.3, 0.4) is 0 Å². The molecule has 2 fully saturated rings. The zero-order valence-corrected chi connectivity index (χ0v) is 60.6. The summed E-state index contributed by atoms with van der Waals surface area (Å²) in [4.78, 5) is 108. The van der Waals surface area contributed by atoms with Crippen LogP contribution in [0.4, 0.5) is 26.7 Å². The van der Waals surface area contributed by atoms with Crippen molar-refractivity contribution in [1.82, 2.24) is 48.4 Å². The summed E-state index contributed by atoms with van der Waals surface area (Å²) in [7, 11) is 8.04. The van der Waals surface area contributed by atoms with Gasteiger partial charge in [-0.1, -0.05) is 36.4 Å². The Kier molecular flexibility index (Phi) is 21.8. The van der Waals surface area contributed by atoms with E-state index in [1.165, 1.54) is 49.2 Å². The highest BCUT2D eigenvalue weighted by Crippen LogP contribution is 2.35. The van der Waals surface area contributed by atoms with Gasteiger partial charge in [0, 0.05) is 136 Å². The molecule has 0 saturated carbocycles. The van der Waals surface area contributed by atoms with Crippen molar-refractivity contribution in [3.8, 4) is 62.6 Å². The number of carbonyl (C=O) groups excluding carboxylic acids is 3. The summed E-state index contributed by atoms with van der Waals surface area (Å²) < 4.78 is 37.2. The van der Waals surface area contributed by atoms with E-state index in [-0.39, 0.29) is 47.4 Å². The van der Waals surface area contributed by atoms with Crippen LogP contribution in [0.1, 0.15) is 22.3 Å². The molecule has 2 N–H and O–H groups in total. The largest absolute Gasteiger partial charge is 0.519 e. The number of aryl methyl sites for hydroxylation is 4. The molecular weight excluding hydrogens is 1390 g/mol. The van der Waals surface area contributed by atoms with Gasteiger partial charge in [0.15, 0.2) is 0 Å². The number of carboxylic acid groups (broad SMARTS) is 1. The van der Waals surface area contributed by atoms with Crippen LogP contribution in [-0.2, 0) is 41.3 Å². The van der Waals surface area contributed by atoms with Gasteiger partial charge in [0.25, 0.3) is 5.69 Å². The summed E-state index contributed by atoms with van der Waals surface area (Å²) >= 11 is 0. The molecule has 28 heteroatoms. The number of pyridine rings is 4. The maximum Gasteiger partial charge on any atom is 0.519 e. The van der Waals surface area contributed by atoms with Crippen LogP contribution < -0.4 is 50.2 Å². The number of imidazole rings is 2. The number of aromatic nitrogens is 8. The standard InChI is InChI=1S/C37H34N6O6.C28H28N6O2.C16H13NO7/c1-23-18-27(8-12-31(23)41-14-16-42(17-15-41)37(47)49-28-9-4-24(5-10-28)19-34(44)45)43-35-29-20-25(26-7-13-33(48-3)39-21-26)6-11-30(29)38-22-32(35)40(2)36(43)46;1-18-14-21(6-8-24(18)33-12-10-29-11-13-33)34-27-22-15-19(20-5-9-26(36-3)31-16-20)4-7-23(22)30-17-25(27)32(2)28(34)35;1-22-15(18)10-11-2-6-13(7-3-11)23-16(19)24-14-8-4-12(5-9-14)17(20)21/h4-13,18,20-22H,14-17,19H2,1-3H3,(H,44,45);4-9,14-17,29H,10-13H2,1-3H3;2-9H,10H2,1H3. The minimum atomic E-state index is -0.982. The number of nitrogens with one attached hydrogen (secondary N) is 1. The van der Waals surface area contributed by atoms with Gasteiger partial charge >= 0.3 is 35.6 Å². The molecule has 109 heavy (non-hydrogen) atoms. The Bertz CT molecular complexity index is 5710. The van der Waals surface area contributed by atoms with E-state index in [0.29, 0.717) is 54.8 Å². The number of anilines is 2. The van der Waals surface area contributed by atoms with E-state index in [1.807, 2.05) is 84.3 Å². The van der Waals surface area contributed by atoms with E-state index >= 15 is 0 Å². The molecule has 15 rings (SSSR count). The highest BCUT2D eigenvalue weighted by Gasteiger charge is 2.26. The molecule has 2 aliphatic heterocycles. The first-order chi connectivity index (χ1) is 52.7. The lowest BCUT2D eigenvalue weighted by Gasteiger charge is -2.36. The Morgan fingerprint density at radius 2 is 0.945 bits per heavy atom. The summed E-state index contributed by atoms with van der Waals surface area (Å²) in [6.45, 7) is 10.2. The number of benzene rings is 7. The average Bonchev–Trinajstić information content (AvgIpc) is 1.62. The molecule has 0 unspecified atom stereocenters. The number of carboxylic acids is 1. The number of nitrogens with zero attached hydrogens (tertiary/aromatic N) is 12. The Balaban J connectivity index is 0.000000153. The van der Waals surface area contributed by atoms with Gasteiger partial charge in [-0.3, -0.25) is 47.9 Å². The molecule has 2 aliphatic rings. The van der Waals surface area contributed by atoms with Gasteiger partial charge in [0.1, 0.15) is 17.2 Å². The molecule has 0 spiro atoms. The highest BCUT2D eigenvalue weighted by atomic mass is 16.7. The molecule has 8 heterocycles. The number of amides is 1. The Hall–Kier alpha value is -13.8. The van der Waals surface area contributed by atoms with Crippen LogP contribution in [0.2, 0.25) is 0 Å². The summed E-state index contributed by atoms with van der Waals surface area (Å²) in [5.74, 6) is 0.533. The fourth-order valence-corrected chi connectivity index (χ4v) is 13.3. The van der Waals surface area contributed by atoms with E-state index < -0.39 is 23.1 Å². The quantitative estimate of drug-likeness (QED) is 0.0393. The molecule has 28 nitrogen and oxygen atoms in total. The zero-order valence-electron chi connectivity index (χ0n) is 60.6. The topological polar surface area (TPSA) is 314 Å². The van der Waals surface area contributed by atoms with Gasteiger partial charge in [-0.05, 0) is 156 Å². The fraction of sp³-hybridized carbons (Fsp3) is 0.210. The van der Waals surface area contributed by atoms with Gasteiger partial charge < -0.3 is 53.5 Å². The normalized spacial score (nSPS) is 12.7. The lowest BCUT2D eigenvalue weighted by atomic mass is 10.0. The molecule has 0 radical (unpaired) electrons. The van der Waals surface area contributed by atoms with Crippen molar-refractivity contribution in [2.24, 2.45) is 14.1 Å². The van der Waals surface area contributed by atoms with Crippen LogP contribution in [0.25, 0.3) is 77.5 Å². The smallest absolute Gasteiger partial charge is 0.481 e. The van der Waals surface area contributed by atoms with Crippen molar-refractivity contribution in [3.63, 3.8) is 0 Å². The summed E-state index contributed by atoms with van der Waals surface area (Å²) in [5.41, 5.74) is 15.6. The van der Waals surface area contributed by atoms with E-state index in [9.17, 15) is 38.9 Å². The number of ether oxygens (including phenoxy) is 6. The number of esters is 1. The minimum absolute atomic E-state index is 0.0893. The molecule has 2 saturated heterocycles. The molecule has 6 aromatic heterocycles. The monoisotopic (exact) mass is 1470 g/mol. The predicted molar refractivity (Wildman–Crippen MR) is 411 cm³/mol. The van der Waals surface area contributed by atoms with Gasteiger partial charge in [-0.25, -0.2) is 29.1 Å². The Labute approximate surface area is 623 Å². The van der Waals surface area contributed by atoms with Crippen molar-refractivity contribution in [2.75, 3.05) is 83.5 Å². The second-order valence-corrected chi connectivity index (χ2v) is 25.8. The van der Waals surface area contributed by atoms with Crippen LogP contribution in [0.15, 0.2) is 204 Å². The average molecular weight is 1470 g/mol. The number of piperazine rings is 2. The third-order valence-electron chi connectivity index (χ3n) is 19.0. The maximum atomic E-state index is 13.7. The molecule has 7 aromatic carbocycles. The number of aliphatic carboxylic acids is 1. The van der Waals surface area contributed by atoms with E-state index in [1.54, 1.807) is 108 Å². The van der Waals surface area contributed by atoms with Crippen molar-refractivity contribution in [1.29, 1.82) is 0 Å². The van der Waals surface area contributed by atoms with E-state index in [0.717, 1.165) is 120 Å². The number of fused-ring (bicyclic) bond motifs is 6. The molecular formula is C81H75N13O15. The number of methoxy groups -OCH3 is 3. The van der Waals surface area contributed by atoms with Crippen LogP contribution >= 0.6 is 0 Å². The molecule has 0 atom stereocenters. The first-order valence-electron chi connectivity index (χ1n) is 34.7. The SMILES string of the molecule is COC(=O)Cc1ccc(OC(=O)Oc2ccc([N+](=O)[O-])cc2)cc1.COc1ccc(-c2ccc3ncc4c(c3c2)n(-c2ccc(N3CCN(C(=O)Oc5ccc(CC(=O)O)cc5)CC3)c(C)c2)c(=O)n4C)cn1.COc1ccc(-c2ccc3ncc4c(c3c2)n(-c2ccc(N3CCNCC3)c(C)c2)c(=O)n4C)cn1. The van der Waals surface area contributed by atoms with E-state index in [4.69, 9.17) is 28.8 Å². The second-order valence-electron chi connectivity index (χ2n) is 25.8. The number of rotatable bonds is 16. The number of non-ortho nitro benzene ring substituents is 1. The highest BCUT2D eigenvalue weighted by molar-refractivity contribution is 6.06. The van der Waals surface area contributed by atoms with Gasteiger partial charge in [-0.2, -0.15) is 0 Å². The number of nitro benzene ring substituents is 1. The molecule has 1 amide bonds. The molecule has 0 aliphatic carbocycles. The van der Waals surface area contributed by atoms with Crippen LogP contribution in [-0.4, -0.2) is 151 Å². The van der Waals surface area contributed by atoms with Gasteiger partial charge in [-0.15, -0.1) is 0 Å². The molecule has 13 aromatic rings. The minimum Gasteiger partial charge on any atom is -0.481 e. The van der Waals surface area contributed by atoms with E-state index in [2.05, 4.69) is 71.0 Å². The number of hydrogen-bond acceptors (Lipinski definition) is 21. The van der Waals surface area contributed by atoms with Crippen molar-refractivity contribution >= 4 is 85.1 Å². The maximum absolute atomic E-state index is 13.7. The second kappa shape index (κ2) is 32.3. The lowest BCUT2D eigenvalue weighted by molar-refractivity contribution is -0.384. The summed E-state index contributed by atoms with van der Waals surface area (Å²) in [5, 5.41) is 24.7. The van der Waals surface area contributed by atoms with Crippen molar-refractivity contribution in [3.05, 3.63) is 248 Å². The van der Waals surface area contributed by atoms with Crippen molar-refractivity contribution in [2.45, 2.75) is 26.7 Å². The zero-order chi connectivity index (χ0) is 76.6. The number of carbonyl (C=O) groups is 4. The summed E-state index contributed by atoms with van der Waals surface area (Å²) in [6.07, 6.45) is 5.68. The van der Waals surface area contributed by atoms with Crippen LogP contribution in [0, 0.1) is 24.0 Å². The molecule has 554 valence electrons. The Morgan fingerprint density at radius 3 is 1.37 bits per heavy atom. The number of nitro groups is 1. The van der Waals surface area contributed by atoms with Crippen LogP contribution in [0.5, 0.6) is 29.0 Å². The van der Waals surface area contributed by atoms with Crippen molar-refractivity contribution < 1.29 is 57.6 Å². The first-order valence-corrected chi connectivity index (χ1v) is 34.7. The number of hydrogen-bond donors (Lipinski definition) is 2. The third-order valence-corrected chi connectivity index (χ3v) is 19.0. The Morgan fingerprint density at radius 1 is 0.505 bits per heavy atom. The van der Waals surface area contributed by atoms with Gasteiger partial charge in [0.05, 0.1) is 96.0 Å². The lowest BCUT2D eigenvalue weighted by Crippen LogP contribution is -2.49. The fourth-order valence-electron chi connectivity index (χ4n) is 13.3. The summed E-state index contributed by atoms with van der Waals surface area (Å²) in [6, 6.07) is 49.8. The molecule has 0 bridgehead atoms.